The molecule has 2 aliphatic heterocycles. The summed E-state index contributed by atoms with van der Waals surface area (Å²) in [7, 11) is 0. The van der Waals surface area contributed by atoms with Gasteiger partial charge >= 0.3 is 0 Å². The Morgan fingerprint density at radius 2 is 1.57 bits per heavy atom. The lowest BCUT2D eigenvalue weighted by Gasteiger charge is -2.27. The Balaban J connectivity index is 1.54. The first kappa shape index (κ1) is 24.0. The summed E-state index contributed by atoms with van der Waals surface area (Å²) in [6, 6.07) is 27.4. The highest BCUT2D eigenvalue weighted by molar-refractivity contribution is 5.81. The van der Waals surface area contributed by atoms with Crippen LogP contribution in [0.4, 0.5) is 17.1 Å². The fourth-order valence-electron chi connectivity index (χ4n) is 4.52. The maximum absolute atomic E-state index is 9.31. The van der Waals surface area contributed by atoms with Crippen LogP contribution in [0.5, 0.6) is 5.75 Å². The standard InChI is InChI=1S/C33H28N2O2/c1-22-9-8-12-28(15-22)35(27-10-6-5-7-11-27)29-13-14-32-23(2)16-30(37-33(32)19-29)20-31-18-26(24(3)21-34)17-25(4)36-31/h5-20H,1-4H3/b26-24-,30-20?. The maximum atomic E-state index is 9.31. The number of hydrogen-bond donors (Lipinski definition) is 0. The second kappa shape index (κ2) is 10.1. The van der Waals surface area contributed by atoms with Crippen LogP contribution in [0.2, 0.25) is 0 Å². The summed E-state index contributed by atoms with van der Waals surface area (Å²) in [4.78, 5) is 2.23. The van der Waals surface area contributed by atoms with Gasteiger partial charge in [-0.1, -0.05) is 30.3 Å². The predicted molar refractivity (Wildman–Crippen MR) is 149 cm³/mol. The Hall–Kier alpha value is -4.75. The summed E-state index contributed by atoms with van der Waals surface area (Å²) in [5.41, 5.74) is 7.99. The quantitative estimate of drug-likeness (QED) is 0.347. The number of rotatable bonds is 4. The van der Waals surface area contributed by atoms with Crippen LogP contribution in [0.1, 0.15) is 31.9 Å². The van der Waals surface area contributed by atoms with Gasteiger partial charge in [0.2, 0.25) is 0 Å². The molecule has 5 rings (SSSR count). The first-order valence-electron chi connectivity index (χ1n) is 12.2. The van der Waals surface area contributed by atoms with E-state index >= 15 is 0 Å². The summed E-state index contributed by atoms with van der Waals surface area (Å²) >= 11 is 0. The van der Waals surface area contributed by atoms with Gasteiger partial charge in [0.1, 0.15) is 23.0 Å². The Labute approximate surface area is 218 Å². The molecule has 0 unspecified atom stereocenters. The normalized spacial score (nSPS) is 16.8. The van der Waals surface area contributed by atoms with Gasteiger partial charge in [0, 0.05) is 40.3 Å². The number of fused-ring (bicyclic) bond motifs is 1. The van der Waals surface area contributed by atoms with Crippen LogP contribution in [0, 0.1) is 18.3 Å². The number of nitriles is 1. The summed E-state index contributed by atoms with van der Waals surface area (Å²) in [6.45, 7) is 7.86. The monoisotopic (exact) mass is 484 g/mol. The van der Waals surface area contributed by atoms with Gasteiger partial charge in [-0.3, -0.25) is 0 Å². The van der Waals surface area contributed by atoms with Crippen LogP contribution < -0.4 is 9.64 Å². The molecule has 2 heterocycles. The van der Waals surface area contributed by atoms with Crippen molar-refractivity contribution in [1.82, 2.24) is 0 Å². The number of ether oxygens (including phenoxy) is 2. The third kappa shape index (κ3) is 5.12. The number of benzene rings is 3. The molecule has 0 atom stereocenters. The molecule has 2 aliphatic rings. The van der Waals surface area contributed by atoms with E-state index in [1.807, 2.05) is 49.4 Å². The van der Waals surface area contributed by atoms with E-state index in [0.29, 0.717) is 17.1 Å². The molecule has 0 saturated carbocycles. The summed E-state index contributed by atoms with van der Waals surface area (Å²) in [5, 5.41) is 9.31. The number of hydrogen-bond acceptors (Lipinski definition) is 4. The van der Waals surface area contributed by atoms with E-state index in [4.69, 9.17) is 9.47 Å². The third-order valence-electron chi connectivity index (χ3n) is 6.33. The van der Waals surface area contributed by atoms with Crippen LogP contribution in [-0.2, 0) is 4.74 Å². The highest BCUT2D eigenvalue weighted by Gasteiger charge is 2.20. The average Bonchev–Trinajstić information content (AvgIpc) is 2.88. The first-order valence-corrected chi connectivity index (χ1v) is 12.2. The Morgan fingerprint density at radius 3 is 2.32 bits per heavy atom. The average molecular weight is 485 g/mol. The van der Waals surface area contributed by atoms with Gasteiger partial charge in [-0.2, -0.15) is 5.26 Å². The Bertz CT molecular complexity index is 1560. The van der Waals surface area contributed by atoms with E-state index in [1.165, 1.54) is 5.56 Å². The molecular weight excluding hydrogens is 456 g/mol. The molecule has 3 aromatic rings. The lowest BCUT2D eigenvalue weighted by molar-refractivity contribution is 0.313. The highest BCUT2D eigenvalue weighted by Crippen LogP contribution is 2.41. The van der Waals surface area contributed by atoms with Gasteiger partial charge in [0.25, 0.3) is 0 Å². The smallest absolute Gasteiger partial charge is 0.137 e. The van der Waals surface area contributed by atoms with Gasteiger partial charge in [-0.05, 0) is 99.0 Å². The molecule has 3 aromatic carbocycles. The fraction of sp³-hybridized carbons (Fsp3) is 0.121. The van der Waals surface area contributed by atoms with Gasteiger partial charge in [-0.25, -0.2) is 0 Å². The van der Waals surface area contributed by atoms with E-state index < -0.39 is 0 Å². The minimum Gasteiger partial charge on any atom is -0.462 e. The van der Waals surface area contributed by atoms with Gasteiger partial charge in [-0.15, -0.1) is 0 Å². The lowest BCUT2D eigenvalue weighted by Crippen LogP contribution is -2.11. The number of allylic oxidation sites excluding steroid dienone is 8. The minimum absolute atomic E-state index is 0.633. The molecule has 0 bridgehead atoms. The van der Waals surface area contributed by atoms with Crippen LogP contribution in [0.15, 0.2) is 126 Å². The van der Waals surface area contributed by atoms with Crippen molar-refractivity contribution < 1.29 is 9.47 Å². The van der Waals surface area contributed by atoms with Crippen molar-refractivity contribution >= 4 is 22.6 Å². The van der Waals surface area contributed by atoms with Crippen LogP contribution in [0.3, 0.4) is 0 Å². The molecule has 4 nitrogen and oxygen atoms in total. The molecule has 0 fully saturated rings. The topological polar surface area (TPSA) is 45.5 Å². The molecule has 0 aliphatic carbocycles. The lowest BCUT2D eigenvalue weighted by atomic mass is 10.0. The molecule has 182 valence electrons. The van der Waals surface area contributed by atoms with Gasteiger partial charge in [0.05, 0.1) is 6.07 Å². The Kier molecular flexibility index (Phi) is 6.53. The summed E-state index contributed by atoms with van der Waals surface area (Å²) in [6.07, 6.45) is 7.62. The van der Waals surface area contributed by atoms with Crippen molar-refractivity contribution in [2.75, 3.05) is 4.90 Å². The zero-order valence-electron chi connectivity index (χ0n) is 21.4. The van der Waals surface area contributed by atoms with Crippen LogP contribution >= 0.6 is 0 Å². The van der Waals surface area contributed by atoms with Crippen LogP contribution in [-0.4, -0.2) is 0 Å². The van der Waals surface area contributed by atoms with Crippen molar-refractivity contribution in [3.05, 3.63) is 137 Å². The third-order valence-corrected chi connectivity index (χ3v) is 6.33. The summed E-state index contributed by atoms with van der Waals surface area (Å²) in [5.74, 6) is 2.83. The Morgan fingerprint density at radius 1 is 0.811 bits per heavy atom. The van der Waals surface area contributed by atoms with Crippen molar-refractivity contribution in [1.29, 1.82) is 5.26 Å². The minimum atomic E-state index is 0.633. The second-order valence-corrected chi connectivity index (χ2v) is 9.26. The predicted octanol–water partition coefficient (Wildman–Crippen LogP) is 8.80. The molecule has 0 amide bonds. The van der Waals surface area contributed by atoms with E-state index in [-0.39, 0.29) is 0 Å². The largest absolute Gasteiger partial charge is 0.462 e. The zero-order valence-corrected chi connectivity index (χ0v) is 21.4. The maximum Gasteiger partial charge on any atom is 0.137 e. The molecule has 4 heteroatoms. The van der Waals surface area contributed by atoms with Crippen molar-refractivity contribution in [3.8, 4) is 11.8 Å². The zero-order chi connectivity index (χ0) is 25.9. The molecule has 0 saturated heterocycles. The molecule has 37 heavy (non-hydrogen) atoms. The molecule has 0 N–H and O–H groups in total. The molecule has 0 aromatic heterocycles. The van der Waals surface area contributed by atoms with E-state index in [0.717, 1.165) is 45.3 Å². The molecular formula is C33H28N2O2. The first-order chi connectivity index (χ1) is 17.9. The van der Waals surface area contributed by atoms with Crippen molar-refractivity contribution in [2.45, 2.75) is 27.7 Å². The SMILES string of the molecule is CC1=C/C(=C(\C)C#N)C=C(C=C2C=C(C)c3ccc(N(c4ccccc4)c4cccc(C)c4)cc3O2)O1. The van der Waals surface area contributed by atoms with Gasteiger partial charge < -0.3 is 14.4 Å². The van der Waals surface area contributed by atoms with E-state index in [9.17, 15) is 5.26 Å². The number of para-hydroxylation sites is 1. The van der Waals surface area contributed by atoms with Crippen molar-refractivity contribution in [2.24, 2.45) is 0 Å². The molecule has 0 radical (unpaired) electrons. The highest BCUT2D eigenvalue weighted by atomic mass is 16.5. The number of nitrogens with zero attached hydrogens (tertiary/aromatic N) is 2. The van der Waals surface area contributed by atoms with E-state index in [1.54, 1.807) is 6.92 Å². The fourth-order valence-corrected chi connectivity index (χ4v) is 4.52. The van der Waals surface area contributed by atoms with Crippen molar-refractivity contribution in [3.63, 3.8) is 0 Å². The summed E-state index contributed by atoms with van der Waals surface area (Å²) < 4.78 is 12.3. The molecule has 0 spiro atoms. The second-order valence-electron chi connectivity index (χ2n) is 9.26. The number of aryl methyl sites for hydroxylation is 1. The van der Waals surface area contributed by atoms with Crippen LogP contribution in [0.25, 0.3) is 5.57 Å². The van der Waals surface area contributed by atoms with Gasteiger partial charge in [0.15, 0.2) is 0 Å². The van der Waals surface area contributed by atoms with E-state index in [2.05, 4.69) is 79.4 Å². The number of anilines is 3.